The van der Waals surface area contributed by atoms with Crippen molar-refractivity contribution in [3.8, 4) is 0 Å². The molecule has 0 aliphatic carbocycles. The van der Waals surface area contributed by atoms with Crippen LogP contribution in [0.3, 0.4) is 0 Å². The number of carbonyl (C=O) groups excluding carboxylic acids is 1. The van der Waals surface area contributed by atoms with Crippen LogP contribution in [0.2, 0.25) is 0 Å². The Labute approximate surface area is 112 Å². The second-order valence-corrected chi connectivity index (χ2v) is 5.51. The van der Waals surface area contributed by atoms with Gasteiger partial charge >= 0.3 is 0 Å². The van der Waals surface area contributed by atoms with E-state index in [1.807, 2.05) is 19.1 Å². The van der Waals surface area contributed by atoms with E-state index in [4.69, 9.17) is 18.0 Å². The summed E-state index contributed by atoms with van der Waals surface area (Å²) in [6.45, 7) is 5.17. The molecule has 0 bridgehead atoms. The smallest absolute Gasteiger partial charge is 0.264 e. The molecule has 1 amide bonds. The van der Waals surface area contributed by atoms with Crippen LogP contribution >= 0.6 is 23.6 Å². The first kappa shape index (κ1) is 14.1. The summed E-state index contributed by atoms with van der Waals surface area (Å²) in [5.41, 5.74) is 5.51. The first-order valence-electron chi connectivity index (χ1n) is 5.74. The molecular weight excluding hydrogens is 252 g/mol. The van der Waals surface area contributed by atoms with Crippen molar-refractivity contribution in [2.24, 2.45) is 5.73 Å². The summed E-state index contributed by atoms with van der Waals surface area (Å²) in [6.07, 6.45) is 1.86. The Balaban J connectivity index is 2.79. The molecule has 5 heteroatoms. The van der Waals surface area contributed by atoms with Crippen molar-refractivity contribution < 1.29 is 4.79 Å². The van der Waals surface area contributed by atoms with E-state index in [-0.39, 0.29) is 5.91 Å². The Morgan fingerprint density at radius 2 is 2.18 bits per heavy atom. The molecule has 0 spiro atoms. The van der Waals surface area contributed by atoms with Gasteiger partial charge in [-0.2, -0.15) is 0 Å². The van der Waals surface area contributed by atoms with Crippen LogP contribution in [-0.2, 0) is 6.42 Å². The third kappa shape index (κ3) is 4.09. The molecule has 0 aliphatic rings. The van der Waals surface area contributed by atoms with Crippen molar-refractivity contribution in [2.75, 3.05) is 13.1 Å². The standard InChI is InChI=1S/C12H18N2OS2/c1-3-7-14(8-11(13)16)12(15)10-6-5-9(4-2)17-10/h5-6H,3-4,7-8H2,1-2H3,(H2,13,16). The van der Waals surface area contributed by atoms with E-state index in [0.717, 1.165) is 17.7 Å². The van der Waals surface area contributed by atoms with Gasteiger partial charge < -0.3 is 10.6 Å². The average molecular weight is 270 g/mol. The number of thiocarbonyl (C=S) groups is 1. The number of hydrogen-bond acceptors (Lipinski definition) is 3. The van der Waals surface area contributed by atoms with Gasteiger partial charge in [-0.1, -0.05) is 26.1 Å². The Bertz CT molecular complexity index is 401. The normalized spacial score (nSPS) is 10.2. The molecule has 1 aromatic rings. The van der Waals surface area contributed by atoms with Crippen molar-refractivity contribution in [2.45, 2.75) is 26.7 Å². The van der Waals surface area contributed by atoms with Gasteiger partial charge in [-0.05, 0) is 25.0 Å². The minimum atomic E-state index is 0.0318. The van der Waals surface area contributed by atoms with Crippen molar-refractivity contribution in [3.63, 3.8) is 0 Å². The van der Waals surface area contributed by atoms with Gasteiger partial charge in [0.15, 0.2) is 0 Å². The van der Waals surface area contributed by atoms with E-state index in [1.165, 1.54) is 4.88 Å². The van der Waals surface area contributed by atoms with Crippen LogP contribution in [0.1, 0.15) is 34.8 Å². The quantitative estimate of drug-likeness (QED) is 0.808. The Hall–Kier alpha value is -0.940. The van der Waals surface area contributed by atoms with E-state index >= 15 is 0 Å². The molecule has 0 fully saturated rings. The number of aryl methyl sites for hydroxylation is 1. The highest BCUT2D eigenvalue weighted by Gasteiger charge is 2.17. The monoisotopic (exact) mass is 270 g/mol. The van der Waals surface area contributed by atoms with Gasteiger partial charge in [0.2, 0.25) is 0 Å². The highest BCUT2D eigenvalue weighted by atomic mass is 32.1. The predicted octanol–water partition coefficient (Wildman–Crippen LogP) is 2.45. The van der Waals surface area contributed by atoms with Crippen LogP contribution < -0.4 is 5.73 Å². The predicted molar refractivity (Wildman–Crippen MR) is 76.7 cm³/mol. The Morgan fingerprint density at radius 3 is 2.65 bits per heavy atom. The molecule has 1 aromatic heterocycles. The lowest BCUT2D eigenvalue weighted by molar-refractivity contribution is 0.0785. The van der Waals surface area contributed by atoms with Crippen molar-refractivity contribution in [3.05, 3.63) is 21.9 Å². The number of rotatable bonds is 6. The maximum Gasteiger partial charge on any atom is 0.264 e. The number of thiophene rings is 1. The van der Waals surface area contributed by atoms with E-state index in [0.29, 0.717) is 18.1 Å². The van der Waals surface area contributed by atoms with Crippen LogP contribution in [0.4, 0.5) is 0 Å². The zero-order valence-corrected chi connectivity index (χ0v) is 11.9. The van der Waals surface area contributed by atoms with Crippen LogP contribution in [0.15, 0.2) is 12.1 Å². The third-order valence-electron chi connectivity index (χ3n) is 2.35. The largest absolute Gasteiger partial charge is 0.392 e. The molecule has 0 saturated carbocycles. The van der Waals surface area contributed by atoms with Gasteiger partial charge in [-0.3, -0.25) is 4.79 Å². The molecular formula is C12H18N2OS2. The van der Waals surface area contributed by atoms with Crippen LogP contribution in [-0.4, -0.2) is 28.9 Å². The van der Waals surface area contributed by atoms with Crippen LogP contribution in [0.5, 0.6) is 0 Å². The number of hydrogen-bond donors (Lipinski definition) is 1. The zero-order chi connectivity index (χ0) is 12.8. The number of amides is 1. The Kier molecular flexibility index (Phi) is 5.58. The SMILES string of the molecule is CCCN(CC(N)=S)C(=O)c1ccc(CC)s1. The van der Waals surface area contributed by atoms with Gasteiger partial charge in [0.1, 0.15) is 0 Å². The van der Waals surface area contributed by atoms with E-state index < -0.39 is 0 Å². The summed E-state index contributed by atoms with van der Waals surface area (Å²) in [4.78, 5) is 16.3. The Morgan fingerprint density at radius 1 is 1.47 bits per heavy atom. The first-order chi connectivity index (χ1) is 8.08. The summed E-state index contributed by atoms with van der Waals surface area (Å²) >= 11 is 6.42. The number of carbonyl (C=O) groups is 1. The fourth-order valence-electron chi connectivity index (χ4n) is 1.55. The fraction of sp³-hybridized carbons (Fsp3) is 0.500. The van der Waals surface area contributed by atoms with E-state index in [2.05, 4.69) is 6.92 Å². The molecule has 17 heavy (non-hydrogen) atoms. The topological polar surface area (TPSA) is 46.3 Å². The van der Waals surface area contributed by atoms with E-state index in [1.54, 1.807) is 16.2 Å². The lowest BCUT2D eigenvalue weighted by atomic mass is 10.3. The first-order valence-corrected chi connectivity index (χ1v) is 6.97. The summed E-state index contributed by atoms with van der Waals surface area (Å²) < 4.78 is 0. The summed E-state index contributed by atoms with van der Waals surface area (Å²) in [7, 11) is 0. The van der Waals surface area contributed by atoms with E-state index in [9.17, 15) is 4.79 Å². The molecule has 3 nitrogen and oxygen atoms in total. The summed E-state index contributed by atoms with van der Waals surface area (Å²) in [5, 5.41) is 0. The second kappa shape index (κ2) is 6.71. The number of nitrogens with two attached hydrogens (primary N) is 1. The third-order valence-corrected chi connectivity index (χ3v) is 3.69. The zero-order valence-electron chi connectivity index (χ0n) is 10.2. The molecule has 0 radical (unpaired) electrons. The average Bonchev–Trinajstić information content (AvgIpc) is 2.75. The molecule has 0 aliphatic heterocycles. The van der Waals surface area contributed by atoms with Crippen LogP contribution in [0, 0.1) is 0 Å². The summed E-state index contributed by atoms with van der Waals surface area (Å²) in [5.74, 6) is 0.0318. The van der Waals surface area contributed by atoms with Gasteiger partial charge in [0.05, 0.1) is 16.4 Å². The molecule has 0 unspecified atom stereocenters. The van der Waals surface area contributed by atoms with Crippen molar-refractivity contribution >= 4 is 34.5 Å². The number of nitrogens with zero attached hydrogens (tertiary/aromatic N) is 1. The molecule has 2 N–H and O–H groups in total. The van der Waals surface area contributed by atoms with Crippen LogP contribution in [0.25, 0.3) is 0 Å². The lowest BCUT2D eigenvalue weighted by Crippen LogP contribution is -2.37. The molecule has 94 valence electrons. The molecule has 0 aromatic carbocycles. The van der Waals surface area contributed by atoms with Gasteiger partial charge in [-0.15, -0.1) is 11.3 Å². The molecule has 1 heterocycles. The van der Waals surface area contributed by atoms with Gasteiger partial charge in [0.25, 0.3) is 5.91 Å². The minimum Gasteiger partial charge on any atom is -0.392 e. The lowest BCUT2D eigenvalue weighted by Gasteiger charge is -2.20. The maximum atomic E-state index is 12.2. The highest BCUT2D eigenvalue weighted by Crippen LogP contribution is 2.18. The minimum absolute atomic E-state index is 0.0318. The molecule has 0 atom stereocenters. The second-order valence-electron chi connectivity index (χ2n) is 3.81. The fourth-order valence-corrected chi connectivity index (χ4v) is 2.62. The highest BCUT2D eigenvalue weighted by molar-refractivity contribution is 7.80. The molecule has 0 saturated heterocycles. The molecule has 1 rings (SSSR count). The van der Waals surface area contributed by atoms with Gasteiger partial charge in [-0.25, -0.2) is 0 Å². The van der Waals surface area contributed by atoms with Crippen molar-refractivity contribution in [1.29, 1.82) is 0 Å². The summed E-state index contributed by atoms with van der Waals surface area (Å²) in [6, 6.07) is 3.89. The maximum absolute atomic E-state index is 12.2. The van der Waals surface area contributed by atoms with Gasteiger partial charge in [0, 0.05) is 11.4 Å². The van der Waals surface area contributed by atoms with Crippen molar-refractivity contribution in [1.82, 2.24) is 4.90 Å².